The van der Waals surface area contributed by atoms with Crippen LogP contribution in [-0.4, -0.2) is 61.5 Å². The van der Waals surface area contributed by atoms with E-state index in [-0.39, 0.29) is 24.3 Å². The Morgan fingerprint density at radius 2 is 1.52 bits per heavy atom. The first-order chi connectivity index (χ1) is 11.0. The fourth-order valence-corrected chi connectivity index (χ4v) is 2.45. The zero-order valence-electron chi connectivity index (χ0n) is 13.9. The van der Waals surface area contributed by atoms with Crippen LogP contribution in [0.15, 0.2) is 24.3 Å². The largest absolute Gasteiger partial charge is 0.497 e. The molecule has 1 saturated heterocycles. The number of ether oxygens (including phenoxy) is 2. The fraction of sp³-hybridized carbons (Fsp3) is 0.529. The molecule has 23 heavy (non-hydrogen) atoms. The summed E-state index contributed by atoms with van der Waals surface area (Å²) >= 11 is 0. The Morgan fingerprint density at radius 1 is 1.00 bits per heavy atom. The number of piperazine rings is 1. The van der Waals surface area contributed by atoms with Gasteiger partial charge in [0.2, 0.25) is 5.91 Å². The van der Waals surface area contributed by atoms with E-state index < -0.39 is 0 Å². The Balaban J connectivity index is 1.77. The summed E-state index contributed by atoms with van der Waals surface area (Å²) in [5, 5.41) is 0. The Hall–Kier alpha value is -2.24. The van der Waals surface area contributed by atoms with E-state index in [1.165, 1.54) is 0 Å². The summed E-state index contributed by atoms with van der Waals surface area (Å²) in [5.74, 6) is 1.46. The number of benzene rings is 1. The van der Waals surface area contributed by atoms with Crippen LogP contribution < -0.4 is 9.47 Å². The van der Waals surface area contributed by atoms with Crippen LogP contribution >= 0.6 is 0 Å². The number of carbonyl (C=O) groups excluding carboxylic acids is 2. The van der Waals surface area contributed by atoms with Gasteiger partial charge in [0.05, 0.1) is 7.11 Å². The van der Waals surface area contributed by atoms with E-state index in [1.54, 1.807) is 36.3 Å². The maximum Gasteiger partial charge on any atom is 0.260 e. The molecule has 0 unspecified atom stereocenters. The number of hydrogen-bond acceptors (Lipinski definition) is 4. The number of rotatable bonds is 5. The molecule has 0 bridgehead atoms. The van der Waals surface area contributed by atoms with Crippen LogP contribution in [0, 0.1) is 5.92 Å². The van der Waals surface area contributed by atoms with Gasteiger partial charge >= 0.3 is 0 Å². The van der Waals surface area contributed by atoms with Gasteiger partial charge in [-0.1, -0.05) is 13.8 Å². The summed E-state index contributed by atoms with van der Waals surface area (Å²) in [7, 11) is 1.60. The summed E-state index contributed by atoms with van der Waals surface area (Å²) in [6.45, 7) is 6.08. The van der Waals surface area contributed by atoms with Crippen LogP contribution in [0.4, 0.5) is 0 Å². The van der Waals surface area contributed by atoms with Crippen molar-refractivity contribution in [1.29, 1.82) is 0 Å². The first kappa shape index (κ1) is 17.1. The van der Waals surface area contributed by atoms with Gasteiger partial charge in [0, 0.05) is 32.1 Å². The molecule has 6 heteroatoms. The molecule has 0 atom stereocenters. The summed E-state index contributed by atoms with van der Waals surface area (Å²) in [4.78, 5) is 27.7. The van der Waals surface area contributed by atoms with Gasteiger partial charge in [-0.3, -0.25) is 9.59 Å². The average molecular weight is 320 g/mol. The summed E-state index contributed by atoms with van der Waals surface area (Å²) < 4.78 is 10.6. The van der Waals surface area contributed by atoms with Gasteiger partial charge in [0.25, 0.3) is 5.91 Å². The van der Waals surface area contributed by atoms with Gasteiger partial charge in [0.15, 0.2) is 6.61 Å². The summed E-state index contributed by atoms with van der Waals surface area (Å²) in [6.07, 6.45) is 0. The van der Waals surface area contributed by atoms with E-state index >= 15 is 0 Å². The predicted molar refractivity (Wildman–Crippen MR) is 86.5 cm³/mol. The van der Waals surface area contributed by atoms with E-state index in [4.69, 9.17) is 9.47 Å². The molecule has 0 N–H and O–H groups in total. The van der Waals surface area contributed by atoms with Crippen molar-refractivity contribution >= 4 is 11.8 Å². The first-order valence-corrected chi connectivity index (χ1v) is 7.84. The maximum absolute atomic E-state index is 12.2. The molecule has 6 nitrogen and oxygen atoms in total. The normalized spacial score (nSPS) is 14.8. The van der Waals surface area contributed by atoms with Crippen molar-refractivity contribution in [3.8, 4) is 11.5 Å². The first-order valence-electron chi connectivity index (χ1n) is 7.84. The van der Waals surface area contributed by atoms with Crippen LogP contribution in [-0.2, 0) is 9.59 Å². The van der Waals surface area contributed by atoms with Gasteiger partial charge < -0.3 is 19.3 Å². The maximum atomic E-state index is 12.2. The van der Waals surface area contributed by atoms with Crippen molar-refractivity contribution in [3.05, 3.63) is 24.3 Å². The smallest absolute Gasteiger partial charge is 0.260 e. The molecular weight excluding hydrogens is 296 g/mol. The van der Waals surface area contributed by atoms with Gasteiger partial charge in [-0.15, -0.1) is 0 Å². The number of hydrogen-bond donors (Lipinski definition) is 0. The van der Waals surface area contributed by atoms with Crippen LogP contribution in [0.3, 0.4) is 0 Å². The Bertz CT molecular complexity index is 534. The molecule has 1 aliphatic rings. The van der Waals surface area contributed by atoms with Gasteiger partial charge in [-0.05, 0) is 24.3 Å². The SMILES string of the molecule is COc1ccc(OCC(=O)N2CCN(C(=O)C(C)C)CC2)cc1. The predicted octanol–water partition coefficient (Wildman–Crippen LogP) is 1.40. The second-order valence-electron chi connectivity index (χ2n) is 5.82. The minimum atomic E-state index is -0.0579. The van der Waals surface area contributed by atoms with Crippen molar-refractivity contribution in [1.82, 2.24) is 9.80 Å². The molecule has 1 heterocycles. The molecule has 1 aliphatic heterocycles. The molecule has 1 fully saturated rings. The number of carbonyl (C=O) groups is 2. The molecule has 2 rings (SSSR count). The zero-order chi connectivity index (χ0) is 16.8. The fourth-order valence-electron chi connectivity index (χ4n) is 2.45. The highest BCUT2D eigenvalue weighted by molar-refractivity contribution is 5.80. The lowest BCUT2D eigenvalue weighted by Crippen LogP contribution is -2.52. The zero-order valence-corrected chi connectivity index (χ0v) is 13.9. The molecular formula is C17H24N2O4. The second kappa shape index (κ2) is 7.85. The quantitative estimate of drug-likeness (QED) is 0.823. The van der Waals surface area contributed by atoms with Gasteiger partial charge in [-0.25, -0.2) is 0 Å². The van der Waals surface area contributed by atoms with E-state index in [0.717, 1.165) is 5.75 Å². The monoisotopic (exact) mass is 320 g/mol. The van der Waals surface area contributed by atoms with Crippen LogP contribution in [0.25, 0.3) is 0 Å². The molecule has 0 radical (unpaired) electrons. The Labute approximate surface area is 137 Å². The van der Waals surface area contributed by atoms with Crippen molar-refractivity contribution in [2.75, 3.05) is 39.9 Å². The summed E-state index contributed by atoms with van der Waals surface area (Å²) in [6, 6.07) is 7.11. The Morgan fingerprint density at radius 3 is 2.04 bits per heavy atom. The third kappa shape index (κ3) is 4.61. The average Bonchev–Trinajstić information content (AvgIpc) is 2.59. The van der Waals surface area contributed by atoms with E-state index in [0.29, 0.717) is 31.9 Å². The molecule has 0 aromatic heterocycles. The third-order valence-corrected chi connectivity index (χ3v) is 3.86. The van der Waals surface area contributed by atoms with Crippen molar-refractivity contribution < 1.29 is 19.1 Å². The lowest BCUT2D eigenvalue weighted by molar-refractivity contribution is -0.142. The van der Waals surface area contributed by atoms with Crippen LogP contribution in [0.2, 0.25) is 0 Å². The number of amides is 2. The lowest BCUT2D eigenvalue weighted by atomic mass is 10.1. The number of methoxy groups -OCH3 is 1. The second-order valence-corrected chi connectivity index (χ2v) is 5.82. The molecule has 0 aliphatic carbocycles. The van der Waals surface area contributed by atoms with Gasteiger partial charge in [-0.2, -0.15) is 0 Å². The van der Waals surface area contributed by atoms with Crippen LogP contribution in [0.5, 0.6) is 11.5 Å². The lowest BCUT2D eigenvalue weighted by Gasteiger charge is -2.35. The highest BCUT2D eigenvalue weighted by Crippen LogP contribution is 2.17. The number of nitrogens with zero attached hydrogens (tertiary/aromatic N) is 2. The Kier molecular flexibility index (Phi) is 5.84. The molecule has 2 amide bonds. The van der Waals surface area contributed by atoms with Gasteiger partial charge in [0.1, 0.15) is 11.5 Å². The van der Waals surface area contributed by atoms with Crippen molar-refractivity contribution in [2.45, 2.75) is 13.8 Å². The summed E-state index contributed by atoms with van der Waals surface area (Å²) in [5.41, 5.74) is 0. The third-order valence-electron chi connectivity index (χ3n) is 3.86. The molecule has 0 spiro atoms. The molecule has 0 saturated carbocycles. The highest BCUT2D eigenvalue weighted by atomic mass is 16.5. The van der Waals surface area contributed by atoms with Crippen LogP contribution in [0.1, 0.15) is 13.8 Å². The highest BCUT2D eigenvalue weighted by Gasteiger charge is 2.25. The van der Waals surface area contributed by atoms with E-state index in [1.807, 2.05) is 18.7 Å². The minimum Gasteiger partial charge on any atom is -0.497 e. The standard InChI is InChI=1S/C17H24N2O4/c1-13(2)17(21)19-10-8-18(9-11-19)16(20)12-23-15-6-4-14(22-3)5-7-15/h4-7,13H,8-12H2,1-3H3. The topological polar surface area (TPSA) is 59.1 Å². The van der Waals surface area contributed by atoms with Crippen molar-refractivity contribution in [2.24, 2.45) is 5.92 Å². The molecule has 1 aromatic rings. The molecule has 1 aromatic carbocycles. The molecule has 126 valence electrons. The van der Waals surface area contributed by atoms with E-state index in [2.05, 4.69) is 0 Å². The van der Waals surface area contributed by atoms with E-state index in [9.17, 15) is 9.59 Å². The van der Waals surface area contributed by atoms with Crippen molar-refractivity contribution in [3.63, 3.8) is 0 Å². The minimum absolute atomic E-state index is 0.00402.